The highest BCUT2D eigenvalue weighted by molar-refractivity contribution is 9.10. The largest absolute Gasteiger partial charge is 0.0704 e. The molecule has 0 N–H and O–H groups in total. The Labute approximate surface area is 114 Å². The van der Waals surface area contributed by atoms with Gasteiger partial charge in [0.25, 0.3) is 0 Å². The molecule has 0 spiro atoms. The normalized spacial score (nSPS) is 15.7. The van der Waals surface area contributed by atoms with Crippen LogP contribution in [0, 0.1) is 0 Å². The molecule has 17 heavy (non-hydrogen) atoms. The third-order valence-electron chi connectivity index (χ3n) is 3.79. The molecule has 1 aliphatic rings. The Kier molecular flexibility index (Phi) is 2.36. The molecule has 0 unspecified atom stereocenters. The zero-order chi connectivity index (χ0) is 12.2. The summed E-state index contributed by atoms with van der Waals surface area (Å²) in [6, 6.07) is 13.6. The zero-order valence-corrected chi connectivity index (χ0v) is 13.9. The Morgan fingerprint density at radius 2 is 1.53 bits per heavy atom. The van der Waals surface area contributed by atoms with E-state index >= 15 is 0 Å². The minimum absolute atomic E-state index is 0.134. The standard InChI is InChI=1S/C15H15BrSi/c1-15(2)13-7-9(16)3-5-11(13)12-6-4-10(17)8-14(12)15/h3-8H,1-2,17H3. The van der Waals surface area contributed by atoms with Crippen LogP contribution in [0.3, 0.4) is 0 Å². The predicted octanol–water partition coefficient (Wildman–Crippen LogP) is 2.75. The molecule has 0 nitrogen and oxygen atoms in total. The van der Waals surface area contributed by atoms with Crippen molar-refractivity contribution >= 4 is 31.4 Å². The van der Waals surface area contributed by atoms with Gasteiger partial charge in [-0.15, -0.1) is 0 Å². The molecule has 0 atom stereocenters. The summed E-state index contributed by atoms with van der Waals surface area (Å²) in [6.45, 7) is 4.65. The Balaban J connectivity index is 2.37. The summed E-state index contributed by atoms with van der Waals surface area (Å²) in [5, 5.41) is 1.48. The van der Waals surface area contributed by atoms with Crippen LogP contribution in [-0.4, -0.2) is 10.2 Å². The van der Waals surface area contributed by atoms with E-state index in [0.717, 1.165) is 10.2 Å². The van der Waals surface area contributed by atoms with Crippen LogP contribution in [0.1, 0.15) is 25.0 Å². The van der Waals surface area contributed by atoms with Gasteiger partial charge in [0, 0.05) is 20.1 Å². The fourth-order valence-corrected chi connectivity index (χ4v) is 3.64. The second-order valence-corrected chi connectivity index (χ2v) is 7.43. The van der Waals surface area contributed by atoms with Gasteiger partial charge >= 0.3 is 0 Å². The molecule has 0 aliphatic heterocycles. The monoisotopic (exact) mass is 302 g/mol. The maximum Gasteiger partial charge on any atom is 0.0385 e. The van der Waals surface area contributed by atoms with Crippen LogP contribution in [0.4, 0.5) is 0 Å². The van der Waals surface area contributed by atoms with Gasteiger partial charge in [0.05, 0.1) is 0 Å². The first-order valence-corrected chi connectivity index (χ1v) is 7.71. The van der Waals surface area contributed by atoms with Crippen molar-refractivity contribution in [1.82, 2.24) is 0 Å². The highest BCUT2D eigenvalue weighted by Gasteiger charge is 2.35. The summed E-state index contributed by atoms with van der Waals surface area (Å²) in [5.74, 6) is 0. The van der Waals surface area contributed by atoms with Crippen LogP contribution in [0.25, 0.3) is 11.1 Å². The van der Waals surface area contributed by atoms with E-state index in [9.17, 15) is 0 Å². The fraction of sp³-hybridized carbons (Fsp3) is 0.200. The van der Waals surface area contributed by atoms with Gasteiger partial charge in [0.2, 0.25) is 0 Å². The van der Waals surface area contributed by atoms with Gasteiger partial charge in [-0.2, -0.15) is 0 Å². The van der Waals surface area contributed by atoms with E-state index in [-0.39, 0.29) is 5.41 Å². The fourth-order valence-electron chi connectivity index (χ4n) is 2.82. The lowest BCUT2D eigenvalue weighted by atomic mass is 9.82. The van der Waals surface area contributed by atoms with Crippen LogP contribution in [0.2, 0.25) is 0 Å². The number of hydrogen-bond donors (Lipinski definition) is 0. The second kappa shape index (κ2) is 3.56. The molecule has 0 aromatic heterocycles. The molecule has 2 heteroatoms. The van der Waals surface area contributed by atoms with Gasteiger partial charge in [-0.05, 0) is 34.4 Å². The lowest BCUT2D eigenvalue weighted by molar-refractivity contribution is 0.660. The molecule has 0 radical (unpaired) electrons. The van der Waals surface area contributed by atoms with Crippen molar-refractivity contribution < 1.29 is 0 Å². The maximum atomic E-state index is 3.58. The maximum absolute atomic E-state index is 3.58. The minimum atomic E-state index is 0.134. The highest BCUT2D eigenvalue weighted by Crippen LogP contribution is 2.48. The van der Waals surface area contributed by atoms with Crippen molar-refractivity contribution in [3.8, 4) is 11.1 Å². The molecule has 2 aromatic carbocycles. The molecular weight excluding hydrogens is 288 g/mol. The van der Waals surface area contributed by atoms with Gasteiger partial charge in [0.1, 0.15) is 0 Å². The first-order chi connectivity index (χ1) is 8.00. The van der Waals surface area contributed by atoms with E-state index in [1.807, 2.05) is 0 Å². The van der Waals surface area contributed by atoms with Crippen molar-refractivity contribution in [2.24, 2.45) is 0 Å². The zero-order valence-electron chi connectivity index (χ0n) is 10.3. The van der Waals surface area contributed by atoms with E-state index in [1.165, 1.54) is 31.9 Å². The molecule has 3 rings (SSSR count). The highest BCUT2D eigenvalue weighted by atomic mass is 79.9. The van der Waals surface area contributed by atoms with E-state index in [1.54, 1.807) is 0 Å². The third kappa shape index (κ3) is 1.54. The van der Waals surface area contributed by atoms with Gasteiger partial charge in [0.15, 0.2) is 0 Å². The summed E-state index contributed by atoms with van der Waals surface area (Å²) in [7, 11) is 1.12. The van der Waals surface area contributed by atoms with Gasteiger partial charge in [-0.1, -0.05) is 59.2 Å². The molecule has 1 aliphatic carbocycles. The van der Waals surface area contributed by atoms with E-state index < -0.39 is 0 Å². The Hall–Kier alpha value is -0.863. The number of benzene rings is 2. The number of fused-ring (bicyclic) bond motifs is 3. The van der Waals surface area contributed by atoms with Crippen LogP contribution < -0.4 is 5.19 Å². The summed E-state index contributed by atoms with van der Waals surface area (Å²) >= 11 is 3.58. The molecular formula is C15H15BrSi. The SMILES string of the molecule is CC1(C)c2cc([SiH3])ccc2-c2ccc(Br)cc21. The second-order valence-electron chi connectivity index (χ2n) is 5.36. The average Bonchev–Trinajstić information content (AvgIpc) is 2.49. The van der Waals surface area contributed by atoms with E-state index in [2.05, 4.69) is 66.2 Å². The first-order valence-electron chi connectivity index (χ1n) is 5.92. The van der Waals surface area contributed by atoms with Gasteiger partial charge < -0.3 is 0 Å². The van der Waals surface area contributed by atoms with Crippen LogP contribution in [0.5, 0.6) is 0 Å². The lowest BCUT2D eigenvalue weighted by Crippen LogP contribution is -2.17. The van der Waals surface area contributed by atoms with Crippen molar-refractivity contribution in [3.05, 3.63) is 52.0 Å². The van der Waals surface area contributed by atoms with Gasteiger partial charge in [-0.3, -0.25) is 0 Å². The molecule has 0 bridgehead atoms. The molecule has 2 aromatic rings. The molecule has 86 valence electrons. The minimum Gasteiger partial charge on any atom is -0.0704 e. The smallest absolute Gasteiger partial charge is 0.0385 e. The van der Waals surface area contributed by atoms with Crippen molar-refractivity contribution in [2.75, 3.05) is 0 Å². The average molecular weight is 303 g/mol. The van der Waals surface area contributed by atoms with Crippen LogP contribution in [0.15, 0.2) is 40.9 Å². The molecule has 0 amide bonds. The summed E-state index contributed by atoms with van der Waals surface area (Å²) < 4.78 is 1.17. The summed E-state index contributed by atoms with van der Waals surface area (Å²) in [6.07, 6.45) is 0. The summed E-state index contributed by atoms with van der Waals surface area (Å²) in [5.41, 5.74) is 5.87. The third-order valence-corrected chi connectivity index (χ3v) is 4.91. The van der Waals surface area contributed by atoms with Crippen LogP contribution >= 0.6 is 15.9 Å². The molecule has 0 heterocycles. The lowest BCUT2D eigenvalue weighted by Gasteiger charge is -2.21. The molecule has 0 saturated heterocycles. The van der Waals surface area contributed by atoms with E-state index in [0.29, 0.717) is 0 Å². The Bertz CT molecular complexity index is 561. The quantitative estimate of drug-likeness (QED) is 0.657. The van der Waals surface area contributed by atoms with Crippen molar-refractivity contribution in [3.63, 3.8) is 0 Å². The molecule has 0 saturated carbocycles. The van der Waals surface area contributed by atoms with Crippen molar-refractivity contribution in [1.29, 1.82) is 0 Å². The number of hydrogen-bond acceptors (Lipinski definition) is 0. The Morgan fingerprint density at radius 1 is 0.941 bits per heavy atom. The van der Waals surface area contributed by atoms with E-state index in [4.69, 9.17) is 0 Å². The number of halogens is 1. The first kappa shape index (κ1) is 11.2. The number of rotatable bonds is 0. The van der Waals surface area contributed by atoms with Crippen molar-refractivity contribution in [2.45, 2.75) is 19.3 Å². The Morgan fingerprint density at radius 3 is 2.24 bits per heavy atom. The summed E-state index contributed by atoms with van der Waals surface area (Å²) in [4.78, 5) is 0. The van der Waals surface area contributed by atoms with Gasteiger partial charge in [-0.25, -0.2) is 0 Å². The topological polar surface area (TPSA) is 0 Å². The predicted molar refractivity (Wildman–Crippen MR) is 81.3 cm³/mol. The van der Waals surface area contributed by atoms with Crippen LogP contribution in [-0.2, 0) is 5.41 Å². The molecule has 0 fully saturated rings.